The highest BCUT2D eigenvalue weighted by Gasteiger charge is 2.46. The lowest BCUT2D eigenvalue weighted by Crippen LogP contribution is -2.42. The maximum Gasteiger partial charge on any atom is 0.309 e. The van der Waals surface area contributed by atoms with Crippen LogP contribution in [0.4, 0.5) is 0 Å². The largest absolute Gasteiger partial charge is 0.460 e. The average molecular weight is 321 g/mol. The standard InChI is InChI=1S/C21H23NO2/c23-21(19-13-18(19)16-9-5-2-6-10-16)24-20-14-22-12-11-17(20)15-7-3-1-4-8-15/h1-10,17-20,22H,11-14H2/t17-,18-,19?,20+/m1/s1. The summed E-state index contributed by atoms with van der Waals surface area (Å²) in [5.41, 5.74) is 2.52. The van der Waals surface area contributed by atoms with Gasteiger partial charge in [-0.3, -0.25) is 4.79 Å². The third-order valence-electron chi connectivity index (χ3n) is 5.24. The molecule has 1 saturated carbocycles. The SMILES string of the molecule is O=C(O[C@H]1CNCC[C@@H]1c1ccccc1)C1C[C@@H]1c1ccccc1. The second kappa shape index (κ2) is 6.78. The van der Waals surface area contributed by atoms with Crippen molar-refractivity contribution in [2.24, 2.45) is 5.92 Å². The Hall–Kier alpha value is -2.13. The van der Waals surface area contributed by atoms with Gasteiger partial charge in [0, 0.05) is 12.5 Å². The van der Waals surface area contributed by atoms with Crippen molar-refractivity contribution in [2.45, 2.75) is 30.8 Å². The molecule has 3 heteroatoms. The second-order valence-corrected chi connectivity index (χ2v) is 6.84. The van der Waals surface area contributed by atoms with Crippen LogP contribution in [0.25, 0.3) is 0 Å². The lowest BCUT2D eigenvalue weighted by Gasteiger charge is -2.32. The molecule has 1 heterocycles. The molecule has 1 aliphatic carbocycles. The Morgan fingerprint density at radius 3 is 2.21 bits per heavy atom. The Morgan fingerprint density at radius 2 is 1.54 bits per heavy atom. The number of esters is 1. The zero-order valence-electron chi connectivity index (χ0n) is 13.7. The van der Waals surface area contributed by atoms with E-state index in [0.717, 1.165) is 25.9 Å². The van der Waals surface area contributed by atoms with Crippen LogP contribution in [0.5, 0.6) is 0 Å². The maximum absolute atomic E-state index is 12.6. The number of hydrogen-bond donors (Lipinski definition) is 1. The number of benzene rings is 2. The smallest absolute Gasteiger partial charge is 0.309 e. The third kappa shape index (κ3) is 3.22. The van der Waals surface area contributed by atoms with E-state index < -0.39 is 0 Å². The summed E-state index contributed by atoms with van der Waals surface area (Å²) in [6.45, 7) is 1.72. The minimum absolute atomic E-state index is 0.0292. The molecular weight excluding hydrogens is 298 g/mol. The molecule has 2 aliphatic rings. The van der Waals surface area contributed by atoms with E-state index in [2.05, 4.69) is 41.7 Å². The van der Waals surface area contributed by atoms with Gasteiger partial charge in [0.05, 0.1) is 5.92 Å². The summed E-state index contributed by atoms with van der Waals surface area (Å²) < 4.78 is 5.93. The van der Waals surface area contributed by atoms with Gasteiger partial charge in [0.1, 0.15) is 6.10 Å². The summed E-state index contributed by atoms with van der Waals surface area (Å²) in [7, 11) is 0. The molecular formula is C21H23NO2. The van der Waals surface area contributed by atoms with E-state index in [9.17, 15) is 4.79 Å². The molecule has 1 aliphatic heterocycles. The van der Waals surface area contributed by atoms with Crippen molar-refractivity contribution in [3.63, 3.8) is 0 Å². The summed E-state index contributed by atoms with van der Waals surface area (Å²) in [5.74, 6) is 0.639. The van der Waals surface area contributed by atoms with Gasteiger partial charge in [-0.1, -0.05) is 60.7 Å². The molecule has 2 aromatic carbocycles. The molecule has 1 saturated heterocycles. The van der Waals surface area contributed by atoms with Crippen LogP contribution in [0.1, 0.15) is 35.8 Å². The van der Waals surface area contributed by atoms with Crippen LogP contribution in [-0.4, -0.2) is 25.2 Å². The summed E-state index contributed by atoms with van der Waals surface area (Å²) in [5, 5.41) is 3.36. The number of carbonyl (C=O) groups is 1. The van der Waals surface area contributed by atoms with Gasteiger partial charge in [-0.15, -0.1) is 0 Å². The minimum atomic E-state index is -0.0642. The molecule has 0 spiro atoms. The fourth-order valence-corrected chi connectivity index (χ4v) is 3.80. The van der Waals surface area contributed by atoms with E-state index in [1.54, 1.807) is 0 Å². The molecule has 0 amide bonds. The summed E-state index contributed by atoms with van der Waals surface area (Å²) in [6, 6.07) is 20.7. The number of nitrogens with one attached hydrogen (secondary N) is 1. The monoisotopic (exact) mass is 321 g/mol. The van der Waals surface area contributed by atoms with Crippen LogP contribution >= 0.6 is 0 Å². The van der Waals surface area contributed by atoms with Gasteiger partial charge in [0.15, 0.2) is 0 Å². The number of hydrogen-bond acceptors (Lipinski definition) is 3. The number of carbonyl (C=O) groups excluding carboxylic acids is 1. The zero-order chi connectivity index (χ0) is 16.4. The fraction of sp³-hybridized carbons (Fsp3) is 0.381. The molecule has 1 unspecified atom stereocenters. The van der Waals surface area contributed by atoms with Crippen molar-refractivity contribution in [1.29, 1.82) is 0 Å². The first kappa shape index (κ1) is 15.4. The first-order valence-electron chi connectivity index (χ1n) is 8.84. The molecule has 2 fully saturated rings. The van der Waals surface area contributed by atoms with Gasteiger partial charge in [0.2, 0.25) is 0 Å². The Kier molecular flexibility index (Phi) is 4.35. The Bertz CT molecular complexity index is 685. The van der Waals surface area contributed by atoms with E-state index in [4.69, 9.17) is 4.74 Å². The van der Waals surface area contributed by atoms with Crippen LogP contribution in [0, 0.1) is 5.92 Å². The van der Waals surface area contributed by atoms with Crippen molar-refractivity contribution < 1.29 is 9.53 Å². The Labute approximate surface area is 143 Å². The van der Waals surface area contributed by atoms with E-state index in [1.807, 2.05) is 24.3 Å². The van der Waals surface area contributed by atoms with Crippen LogP contribution in [0.15, 0.2) is 60.7 Å². The first-order chi connectivity index (χ1) is 11.8. The van der Waals surface area contributed by atoms with Crippen molar-refractivity contribution in [3.8, 4) is 0 Å². The highest BCUT2D eigenvalue weighted by Crippen LogP contribution is 2.48. The maximum atomic E-state index is 12.6. The van der Waals surface area contributed by atoms with Gasteiger partial charge in [0.25, 0.3) is 0 Å². The van der Waals surface area contributed by atoms with E-state index in [-0.39, 0.29) is 18.0 Å². The zero-order valence-corrected chi connectivity index (χ0v) is 13.7. The average Bonchev–Trinajstić information content (AvgIpc) is 3.45. The molecule has 24 heavy (non-hydrogen) atoms. The lowest BCUT2D eigenvalue weighted by atomic mass is 9.88. The van der Waals surface area contributed by atoms with Crippen molar-refractivity contribution in [3.05, 3.63) is 71.8 Å². The van der Waals surface area contributed by atoms with Gasteiger partial charge in [-0.2, -0.15) is 0 Å². The van der Waals surface area contributed by atoms with Crippen molar-refractivity contribution in [1.82, 2.24) is 5.32 Å². The molecule has 124 valence electrons. The third-order valence-corrected chi connectivity index (χ3v) is 5.24. The molecule has 1 N–H and O–H groups in total. The summed E-state index contributed by atoms with van der Waals surface area (Å²) in [4.78, 5) is 12.6. The summed E-state index contributed by atoms with van der Waals surface area (Å²) >= 11 is 0. The predicted octanol–water partition coefficient (Wildman–Crippen LogP) is 3.48. The minimum Gasteiger partial charge on any atom is -0.460 e. The molecule has 0 radical (unpaired) electrons. The van der Waals surface area contributed by atoms with E-state index in [0.29, 0.717) is 11.8 Å². The predicted molar refractivity (Wildman–Crippen MR) is 93.8 cm³/mol. The molecule has 0 bridgehead atoms. The molecule has 4 rings (SSSR count). The topological polar surface area (TPSA) is 38.3 Å². The van der Waals surface area contributed by atoms with Crippen LogP contribution in [0.2, 0.25) is 0 Å². The number of piperidine rings is 1. The van der Waals surface area contributed by atoms with E-state index >= 15 is 0 Å². The Morgan fingerprint density at radius 1 is 0.917 bits per heavy atom. The van der Waals surface area contributed by atoms with Gasteiger partial charge < -0.3 is 10.1 Å². The molecule has 0 aromatic heterocycles. The molecule has 4 atom stereocenters. The van der Waals surface area contributed by atoms with Crippen LogP contribution in [0.3, 0.4) is 0 Å². The highest BCUT2D eigenvalue weighted by atomic mass is 16.5. The number of ether oxygens (including phenoxy) is 1. The second-order valence-electron chi connectivity index (χ2n) is 6.84. The van der Waals surface area contributed by atoms with Crippen LogP contribution < -0.4 is 5.32 Å². The molecule has 2 aromatic rings. The van der Waals surface area contributed by atoms with E-state index in [1.165, 1.54) is 11.1 Å². The molecule has 3 nitrogen and oxygen atoms in total. The lowest BCUT2D eigenvalue weighted by molar-refractivity contribution is -0.152. The Balaban J connectivity index is 1.41. The van der Waals surface area contributed by atoms with Crippen molar-refractivity contribution >= 4 is 5.97 Å². The fourth-order valence-electron chi connectivity index (χ4n) is 3.80. The first-order valence-corrected chi connectivity index (χ1v) is 8.84. The van der Waals surface area contributed by atoms with Gasteiger partial charge in [-0.05, 0) is 36.4 Å². The summed E-state index contributed by atoms with van der Waals surface area (Å²) in [6.07, 6.45) is 1.86. The number of rotatable bonds is 4. The van der Waals surface area contributed by atoms with Gasteiger partial charge in [-0.25, -0.2) is 0 Å². The van der Waals surface area contributed by atoms with Crippen molar-refractivity contribution in [2.75, 3.05) is 13.1 Å². The normalized spacial score (nSPS) is 29.0. The van der Waals surface area contributed by atoms with Gasteiger partial charge >= 0.3 is 5.97 Å². The quantitative estimate of drug-likeness (QED) is 0.876. The highest BCUT2D eigenvalue weighted by molar-refractivity contribution is 5.77. The van der Waals surface area contributed by atoms with Crippen LogP contribution in [-0.2, 0) is 9.53 Å².